The molecule has 102 valence electrons. The molecule has 0 saturated carbocycles. The fraction of sp³-hybridized carbons (Fsp3) is 0.364. The fourth-order valence-electron chi connectivity index (χ4n) is 1.21. The van der Waals surface area contributed by atoms with Crippen LogP contribution >= 0.6 is 12.4 Å². The van der Waals surface area contributed by atoms with Crippen LogP contribution in [0.4, 0.5) is 8.78 Å². The van der Waals surface area contributed by atoms with E-state index in [4.69, 9.17) is 10.5 Å². The van der Waals surface area contributed by atoms with Crippen LogP contribution in [0.2, 0.25) is 0 Å². The molecule has 1 amide bonds. The number of ether oxygens (including phenoxy) is 1. The van der Waals surface area contributed by atoms with Gasteiger partial charge in [0, 0.05) is 0 Å². The van der Waals surface area contributed by atoms with E-state index in [1.165, 1.54) is 13.2 Å². The van der Waals surface area contributed by atoms with Crippen LogP contribution in [0.15, 0.2) is 24.3 Å². The molecule has 3 N–H and O–H groups in total. The lowest BCUT2D eigenvalue weighted by Crippen LogP contribution is -2.41. The van der Waals surface area contributed by atoms with Gasteiger partial charge >= 0.3 is 0 Å². The first-order valence-electron chi connectivity index (χ1n) is 4.99. The maximum Gasteiger partial charge on any atom is 0.277 e. The molecule has 1 aromatic carbocycles. The van der Waals surface area contributed by atoms with E-state index in [0.29, 0.717) is 5.75 Å². The van der Waals surface area contributed by atoms with Gasteiger partial charge < -0.3 is 15.8 Å². The Kier molecular flexibility index (Phi) is 6.57. The molecule has 0 spiro atoms. The molecule has 1 aromatic rings. The number of carbonyl (C=O) groups excluding carboxylic acids is 1. The predicted octanol–water partition coefficient (Wildman–Crippen LogP) is 1.44. The molecule has 1 rings (SSSR count). The third-order valence-corrected chi connectivity index (χ3v) is 2.16. The summed E-state index contributed by atoms with van der Waals surface area (Å²) in [5, 5.41) is 2.12. The van der Waals surface area contributed by atoms with Crippen LogP contribution in [0.1, 0.15) is 10.4 Å². The Morgan fingerprint density at radius 3 is 2.61 bits per heavy atom. The van der Waals surface area contributed by atoms with E-state index in [1.54, 1.807) is 18.2 Å². The minimum Gasteiger partial charge on any atom is -0.496 e. The van der Waals surface area contributed by atoms with Crippen LogP contribution < -0.4 is 15.8 Å². The Balaban J connectivity index is 0.00000289. The van der Waals surface area contributed by atoms with Crippen molar-refractivity contribution < 1.29 is 18.3 Å². The predicted molar refractivity (Wildman–Crippen MR) is 66.6 cm³/mol. The largest absolute Gasteiger partial charge is 0.496 e. The number of nitrogens with two attached hydrogens (primary N) is 1. The molecule has 0 unspecified atom stereocenters. The second kappa shape index (κ2) is 7.13. The van der Waals surface area contributed by atoms with Gasteiger partial charge in [-0.25, -0.2) is 8.78 Å². The van der Waals surface area contributed by atoms with Crippen LogP contribution in [0, 0.1) is 0 Å². The number of rotatable bonds is 5. The fourth-order valence-corrected chi connectivity index (χ4v) is 1.21. The first kappa shape index (κ1) is 16.6. The summed E-state index contributed by atoms with van der Waals surface area (Å²) in [5.74, 6) is -3.38. The van der Waals surface area contributed by atoms with Crippen molar-refractivity contribution in [1.29, 1.82) is 0 Å². The van der Waals surface area contributed by atoms with Gasteiger partial charge in [-0.2, -0.15) is 0 Å². The molecular weight excluding hydrogens is 266 g/mol. The monoisotopic (exact) mass is 280 g/mol. The van der Waals surface area contributed by atoms with Crippen LogP contribution in [0.5, 0.6) is 5.75 Å². The van der Waals surface area contributed by atoms with Crippen molar-refractivity contribution in [3.05, 3.63) is 29.8 Å². The molecule has 0 aliphatic heterocycles. The second-order valence-electron chi connectivity index (χ2n) is 3.44. The number of hydrogen-bond acceptors (Lipinski definition) is 3. The summed E-state index contributed by atoms with van der Waals surface area (Å²) in [4.78, 5) is 11.6. The molecule has 4 nitrogen and oxygen atoms in total. The lowest BCUT2D eigenvalue weighted by Gasteiger charge is -2.15. The zero-order valence-corrected chi connectivity index (χ0v) is 10.6. The standard InChI is InChI=1S/C11H14F2N2O2.ClH/c1-17-9-5-3-2-4-8(9)10(16)15-7-11(12,13)6-14;/h2-5H,6-7,14H2,1H3,(H,15,16);1H. The van der Waals surface area contributed by atoms with Crippen molar-refractivity contribution in [1.82, 2.24) is 5.32 Å². The number of benzene rings is 1. The van der Waals surface area contributed by atoms with E-state index >= 15 is 0 Å². The summed E-state index contributed by atoms with van der Waals surface area (Å²) >= 11 is 0. The average molecular weight is 281 g/mol. The first-order chi connectivity index (χ1) is 8.00. The normalized spacial score (nSPS) is 10.4. The van der Waals surface area contributed by atoms with Crippen LogP contribution in [-0.4, -0.2) is 32.0 Å². The van der Waals surface area contributed by atoms with Gasteiger partial charge in [0.15, 0.2) is 0 Å². The molecule has 0 atom stereocenters. The number of alkyl halides is 2. The molecule has 0 heterocycles. The van der Waals surface area contributed by atoms with E-state index < -0.39 is 24.9 Å². The summed E-state index contributed by atoms with van der Waals surface area (Å²) in [5.41, 5.74) is 5.07. The maximum atomic E-state index is 12.8. The smallest absolute Gasteiger partial charge is 0.277 e. The van der Waals surface area contributed by atoms with Crippen LogP contribution in [0.3, 0.4) is 0 Å². The van der Waals surface area contributed by atoms with Crippen LogP contribution in [0.25, 0.3) is 0 Å². The first-order valence-corrected chi connectivity index (χ1v) is 4.99. The van der Waals surface area contributed by atoms with E-state index in [1.807, 2.05) is 0 Å². The minimum atomic E-state index is -3.10. The van der Waals surface area contributed by atoms with Gasteiger partial charge in [-0.05, 0) is 12.1 Å². The topological polar surface area (TPSA) is 64.3 Å². The van der Waals surface area contributed by atoms with Gasteiger partial charge in [0.25, 0.3) is 11.8 Å². The molecule has 0 aromatic heterocycles. The van der Waals surface area contributed by atoms with Gasteiger partial charge in [-0.15, -0.1) is 12.4 Å². The van der Waals surface area contributed by atoms with E-state index in [-0.39, 0.29) is 18.0 Å². The molecule has 0 aliphatic rings. The van der Waals surface area contributed by atoms with Gasteiger partial charge in [0.1, 0.15) is 5.75 Å². The highest BCUT2D eigenvalue weighted by Gasteiger charge is 2.27. The number of hydrogen-bond donors (Lipinski definition) is 2. The van der Waals surface area contributed by atoms with Gasteiger partial charge in [-0.3, -0.25) is 4.79 Å². The lowest BCUT2D eigenvalue weighted by atomic mass is 10.2. The van der Waals surface area contributed by atoms with Crippen molar-refractivity contribution in [3.63, 3.8) is 0 Å². The van der Waals surface area contributed by atoms with Crippen molar-refractivity contribution in [2.75, 3.05) is 20.2 Å². The van der Waals surface area contributed by atoms with Gasteiger partial charge in [0.2, 0.25) is 0 Å². The third kappa shape index (κ3) is 4.46. The maximum absolute atomic E-state index is 12.8. The Hall–Kier alpha value is -1.40. The Labute approximate surface area is 110 Å². The molecule has 18 heavy (non-hydrogen) atoms. The molecule has 0 aliphatic carbocycles. The number of carbonyl (C=O) groups is 1. The molecule has 0 saturated heterocycles. The highest BCUT2D eigenvalue weighted by atomic mass is 35.5. The number of para-hydroxylation sites is 1. The van der Waals surface area contributed by atoms with Crippen LogP contribution in [-0.2, 0) is 0 Å². The lowest BCUT2D eigenvalue weighted by molar-refractivity contribution is 0.0118. The summed E-state index contributed by atoms with van der Waals surface area (Å²) < 4.78 is 30.6. The Morgan fingerprint density at radius 1 is 1.44 bits per heavy atom. The zero-order chi connectivity index (χ0) is 12.9. The van der Waals surface area contributed by atoms with Crippen molar-refractivity contribution in [2.45, 2.75) is 5.92 Å². The molecule has 0 radical (unpaired) electrons. The van der Waals surface area contributed by atoms with E-state index in [0.717, 1.165) is 0 Å². The summed E-state index contributed by atoms with van der Waals surface area (Å²) in [6.45, 7) is -1.60. The highest BCUT2D eigenvalue weighted by molar-refractivity contribution is 5.96. The van der Waals surface area contributed by atoms with Gasteiger partial charge in [0.05, 0.1) is 25.8 Å². The van der Waals surface area contributed by atoms with E-state index in [9.17, 15) is 13.6 Å². The number of halogens is 3. The zero-order valence-electron chi connectivity index (χ0n) is 9.78. The number of nitrogens with one attached hydrogen (secondary N) is 1. The minimum absolute atomic E-state index is 0. The second-order valence-corrected chi connectivity index (χ2v) is 3.44. The molecule has 7 heteroatoms. The van der Waals surface area contributed by atoms with Gasteiger partial charge in [-0.1, -0.05) is 12.1 Å². The highest BCUT2D eigenvalue weighted by Crippen LogP contribution is 2.17. The van der Waals surface area contributed by atoms with Crippen molar-refractivity contribution in [3.8, 4) is 5.75 Å². The quantitative estimate of drug-likeness (QED) is 0.858. The molecule has 0 bridgehead atoms. The molecular formula is C11H15ClF2N2O2. The third-order valence-electron chi connectivity index (χ3n) is 2.16. The SMILES string of the molecule is COc1ccccc1C(=O)NCC(F)(F)CN.Cl. The van der Waals surface area contributed by atoms with Crippen molar-refractivity contribution in [2.24, 2.45) is 5.73 Å². The van der Waals surface area contributed by atoms with Crippen molar-refractivity contribution >= 4 is 18.3 Å². The Bertz CT molecular complexity index is 402. The Morgan fingerprint density at radius 2 is 2.06 bits per heavy atom. The number of amides is 1. The average Bonchev–Trinajstić information content (AvgIpc) is 2.36. The number of methoxy groups -OCH3 is 1. The summed E-state index contributed by atoms with van der Waals surface area (Å²) in [6, 6.07) is 6.38. The summed E-state index contributed by atoms with van der Waals surface area (Å²) in [6.07, 6.45) is 0. The van der Waals surface area contributed by atoms with E-state index in [2.05, 4.69) is 5.32 Å². The summed E-state index contributed by atoms with van der Waals surface area (Å²) in [7, 11) is 1.40. The molecule has 0 fully saturated rings.